The maximum Gasteiger partial charge on any atom is 0.238 e. The lowest BCUT2D eigenvalue weighted by atomic mass is 10.1. The Morgan fingerprint density at radius 3 is 2.52 bits per heavy atom. The van der Waals surface area contributed by atoms with Crippen LogP contribution in [0.3, 0.4) is 0 Å². The summed E-state index contributed by atoms with van der Waals surface area (Å²) >= 11 is 0. The Bertz CT molecular complexity index is 755. The van der Waals surface area contributed by atoms with Crippen molar-refractivity contribution < 1.29 is 16.8 Å². The SMILES string of the molecule is Cc1cc(S(N)(=O)=O)cc(NC2CCCS(=O)(=O)C2)c1C. The maximum absolute atomic E-state index is 11.7. The Hall–Kier alpha value is -1.12. The first-order valence-electron chi connectivity index (χ1n) is 6.69. The number of primary sulfonamides is 1. The summed E-state index contributed by atoms with van der Waals surface area (Å²) < 4.78 is 46.3. The molecular weight excluding hydrogens is 312 g/mol. The van der Waals surface area contributed by atoms with Crippen LogP contribution in [0.4, 0.5) is 5.69 Å². The molecule has 1 atom stereocenters. The van der Waals surface area contributed by atoms with Crippen LogP contribution in [-0.2, 0) is 19.9 Å². The molecule has 8 heteroatoms. The highest BCUT2D eigenvalue weighted by Gasteiger charge is 2.25. The minimum Gasteiger partial charge on any atom is -0.381 e. The van der Waals surface area contributed by atoms with Crippen molar-refractivity contribution in [2.24, 2.45) is 5.14 Å². The summed E-state index contributed by atoms with van der Waals surface area (Å²) in [6.45, 7) is 3.66. The van der Waals surface area contributed by atoms with Gasteiger partial charge in [-0.25, -0.2) is 22.0 Å². The van der Waals surface area contributed by atoms with Crippen molar-refractivity contribution in [3.63, 3.8) is 0 Å². The van der Waals surface area contributed by atoms with Gasteiger partial charge >= 0.3 is 0 Å². The monoisotopic (exact) mass is 332 g/mol. The molecule has 118 valence electrons. The van der Waals surface area contributed by atoms with Gasteiger partial charge in [0.15, 0.2) is 9.84 Å². The lowest BCUT2D eigenvalue weighted by Crippen LogP contribution is -2.35. The molecule has 1 saturated heterocycles. The number of hydrogen-bond donors (Lipinski definition) is 2. The van der Waals surface area contributed by atoms with Gasteiger partial charge in [0.2, 0.25) is 10.0 Å². The second-order valence-electron chi connectivity index (χ2n) is 5.56. The predicted molar refractivity (Wildman–Crippen MR) is 82.6 cm³/mol. The van der Waals surface area contributed by atoms with E-state index in [4.69, 9.17) is 5.14 Å². The van der Waals surface area contributed by atoms with Gasteiger partial charge in [-0.2, -0.15) is 0 Å². The van der Waals surface area contributed by atoms with Crippen LogP contribution in [0.1, 0.15) is 24.0 Å². The van der Waals surface area contributed by atoms with E-state index in [0.717, 1.165) is 17.5 Å². The fourth-order valence-corrected chi connectivity index (χ4v) is 4.76. The molecule has 1 aliphatic rings. The number of benzene rings is 1. The Labute approximate surface area is 125 Å². The molecular formula is C13H20N2O4S2. The summed E-state index contributed by atoms with van der Waals surface area (Å²) in [6.07, 6.45) is 1.37. The van der Waals surface area contributed by atoms with E-state index in [0.29, 0.717) is 12.1 Å². The van der Waals surface area contributed by atoms with E-state index in [9.17, 15) is 16.8 Å². The van der Waals surface area contributed by atoms with Gasteiger partial charge < -0.3 is 5.32 Å². The molecule has 0 saturated carbocycles. The highest BCUT2D eigenvalue weighted by Crippen LogP contribution is 2.26. The Kier molecular flexibility index (Phi) is 4.32. The largest absolute Gasteiger partial charge is 0.381 e. The molecule has 1 aromatic rings. The fraction of sp³-hybridized carbons (Fsp3) is 0.538. The molecule has 2 rings (SSSR count). The zero-order valence-electron chi connectivity index (χ0n) is 12.1. The highest BCUT2D eigenvalue weighted by molar-refractivity contribution is 7.91. The standard InChI is InChI=1S/C13H20N2O4S2/c1-9-6-12(21(14,18)19)7-13(10(9)2)15-11-4-3-5-20(16,17)8-11/h6-7,11,15H,3-5,8H2,1-2H3,(H2,14,18,19). The van der Waals surface area contributed by atoms with Gasteiger partial charge in [-0.3, -0.25) is 0 Å². The molecule has 21 heavy (non-hydrogen) atoms. The molecule has 6 nitrogen and oxygen atoms in total. The summed E-state index contributed by atoms with van der Waals surface area (Å²) in [7, 11) is -6.81. The molecule has 1 heterocycles. The van der Waals surface area contributed by atoms with Crippen molar-refractivity contribution >= 4 is 25.5 Å². The number of nitrogens with one attached hydrogen (secondary N) is 1. The Morgan fingerprint density at radius 2 is 1.95 bits per heavy atom. The molecule has 1 aromatic carbocycles. The third-order valence-electron chi connectivity index (χ3n) is 3.79. The number of sulfonamides is 1. The van der Waals surface area contributed by atoms with E-state index < -0.39 is 19.9 Å². The van der Waals surface area contributed by atoms with Crippen LogP contribution in [0.5, 0.6) is 0 Å². The molecule has 1 unspecified atom stereocenters. The quantitative estimate of drug-likeness (QED) is 0.857. The van der Waals surface area contributed by atoms with Crippen molar-refractivity contribution in [3.8, 4) is 0 Å². The topological polar surface area (TPSA) is 106 Å². The molecule has 0 radical (unpaired) electrons. The van der Waals surface area contributed by atoms with Crippen LogP contribution in [-0.4, -0.2) is 34.4 Å². The van der Waals surface area contributed by atoms with E-state index in [1.54, 1.807) is 6.92 Å². The molecule has 0 bridgehead atoms. The molecule has 0 aliphatic carbocycles. The third kappa shape index (κ3) is 3.96. The van der Waals surface area contributed by atoms with Crippen LogP contribution in [0.25, 0.3) is 0 Å². The van der Waals surface area contributed by atoms with Crippen molar-refractivity contribution in [3.05, 3.63) is 23.3 Å². The lowest BCUT2D eigenvalue weighted by molar-refractivity contribution is 0.561. The van der Waals surface area contributed by atoms with E-state index in [1.807, 2.05) is 6.92 Å². The number of hydrogen-bond acceptors (Lipinski definition) is 5. The summed E-state index contributed by atoms with van der Waals surface area (Å²) in [4.78, 5) is 0.0340. The van der Waals surface area contributed by atoms with Crippen molar-refractivity contribution in [2.45, 2.75) is 37.6 Å². The Morgan fingerprint density at radius 1 is 1.29 bits per heavy atom. The predicted octanol–water partition coefficient (Wildman–Crippen LogP) is 0.940. The molecule has 3 N–H and O–H groups in total. The Balaban J connectivity index is 2.33. The first kappa shape index (κ1) is 16.3. The maximum atomic E-state index is 11.7. The molecule has 1 fully saturated rings. The van der Waals surface area contributed by atoms with Crippen LogP contribution < -0.4 is 10.5 Å². The first-order chi connectivity index (χ1) is 9.58. The lowest BCUT2D eigenvalue weighted by Gasteiger charge is -2.25. The minimum atomic E-state index is -3.79. The van der Waals surface area contributed by atoms with Gasteiger partial charge in [0.05, 0.1) is 16.4 Å². The summed E-state index contributed by atoms with van der Waals surface area (Å²) in [5, 5.41) is 8.33. The average molecular weight is 332 g/mol. The van der Waals surface area contributed by atoms with Crippen molar-refractivity contribution in [1.82, 2.24) is 0 Å². The van der Waals surface area contributed by atoms with Gasteiger partial charge in [0.25, 0.3) is 0 Å². The highest BCUT2D eigenvalue weighted by atomic mass is 32.2. The summed E-state index contributed by atoms with van der Waals surface area (Å²) in [5.74, 6) is 0.297. The molecule has 0 aromatic heterocycles. The third-order valence-corrected chi connectivity index (χ3v) is 6.51. The van der Waals surface area contributed by atoms with Gasteiger partial charge in [0.1, 0.15) is 0 Å². The minimum absolute atomic E-state index is 0.0340. The molecule has 0 amide bonds. The van der Waals surface area contributed by atoms with Gasteiger partial charge in [-0.1, -0.05) is 0 Å². The van der Waals surface area contributed by atoms with Gasteiger partial charge in [-0.05, 0) is 49.9 Å². The average Bonchev–Trinajstić information content (AvgIpc) is 2.32. The van der Waals surface area contributed by atoms with E-state index >= 15 is 0 Å². The second kappa shape index (κ2) is 5.58. The van der Waals surface area contributed by atoms with Crippen molar-refractivity contribution in [1.29, 1.82) is 0 Å². The summed E-state index contributed by atoms with van der Waals surface area (Å²) in [6, 6.07) is 2.80. The van der Waals surface area contributed by atoms with E-state index in [1.165, 1.54) is 12.1 Å². The number of sulfone groups is 1. The normalized spacial score (nSPS) is 22.0. The molecule has 0 spiro atoms. The van der Waals surface area contributed by atoms with Gasteiger partial charge in [0, 0.05) is 11.7 Å². The first-order valence-corrected chi connectivity index (χ1v) is 10.1. The smallest absolute Gasteiger partial charge is 0.238 e. The number of anilines is 1. The number of nitrogens with two attached hydrogens (primary N) is 1. The number of rotatable bonds is 3. The van der Waals surface area contributed by atoms with Crippen molar-refractivity contribution in [2.75, 3.05) is 16.8 Å². The molecule has 1 aliphatic heterocycles. The second-order valence-corrected chi connectivity index (χ2v) is 9.35. The number of aryl methyl sites for hydroxylation is 1. The van der Waals surface area contributed by atoms with Gasteiger partial charge in [-0.15, -0.1) is 0 Å². The zero-order chi connectivity index (χ0) is 15.8. The van der Waals surface area contributed by atoms with Crippen LogP contribution in [0.2, 0.25) is 0 Å². The van der Waals surface area contributed by atoms with Crippen LogP contribution in [0.15, 0.2) is 17.0 Å². The fourth-order valence-electron chi connectivity index (χ4n) is 2.50. The zero-order valence-corrected chi connectivity index (χ0v) is 13.7. The van der Waals surface area contributed by atoms with Crippen LogP contribution in [0, 0.1) is 13.8 Å². The van der Waals surface area contributed by atoms with E-state index in [2.05, 4.69) is 5.32 Å². The van der Waals surface area contributed by atoms with E-state index in [-0.39, 0.29) is 22.4 Å². The van der Waals surface area contributed by atoms with Crippen LogP contribution >= 0.6 is 0 Å². The summed E-state index contributed by atoms with van der Waals surface area (Å²) in [5.41, 5.74) is 2.31.